The predicted octanol–water partition coefficient (Wildman–Crippen LogP) is 1.42. The van der Waals surface area contributed by atoms with Gasteiger partial charge in [-0.1, -0.05) is 36.9 Å². The fraction of sp³-hybridized carbons (Fsp3) is 0.182. The first kappa shape index (κ1) is 10.3. The lowest BCUT2D eigenvalue weighted by Gasteiger charge is -2.11. The van der Waals surface area contributed by atoms with Gasteiger partial charge in [0.15, 0.2) is 0 Å². The summed E-state index contributed by atoms with van der Waals surface area (Å²) < 4.78 is 0. The van der Waals surface area contributed by atoms with Crippen LogP contribution in [-0.2, 0) is 11.2 Å². The molecular weight excluding hydrogens is 178 g/mol. The van der Waals surface area contributed by atoms with Crippen LogP contribution in [0.5, 0.6) is 0 Å². The van der Waals surface area contributed by atoms with Crippen LogP contribution in [-0.4, -0.2) is 17.1 Å². The molecule has 0 aliphatic rings. The van der Waals surface area contributed by atoms with Gasteiger partial charge < -0.3 is 10.4 Å². The second-order valence-corrected chi connectivity index (χ2v) is 2.95. The number of hydrogen-bond donors (Lipinski definition) is 2. The number of aliphatic carboxylic acids is 1. The number of hydrogen-bond acceptors (Lipinski definition) is 2. The van der Waals surface area contributed by atoms with Gasteiger partial charge in [-0.3, -0.25) is 0 Å². The first-order valence-corrected chi connectivity index (χ1v) is 4.37. The molecule has 0 heterocycles. The molecule has 0 fully saturated rings. The zero-order chi connectivity index (χ0) is 10.4. The first-order chi connectivity index (χ1) is 6.74. The number of nitrogens with one attached hydrogen (secondary N) is 1. The smallest absolute Gasteiger partial charge is 0.326 e. The van der Waals surface area contributed by atoms with Gasteiger partial charge in [0.25, 0.3) is 0 Å². The molecule has 0 aliphatic carbocycles. The Kier molecular flexibility index (Phi) is 3.73. The van der Waals surface area contributed by atoms with Crippen molar-refractivity contribution in [1.82, 2.24) is 5.32 Å². The molecule has 0 saturated heterocycles. The second kappa shape index (κ2) is 5.07. The zero-order valence-corrected chi connectivity index (χ0v) is 7.81. The van der Waals surface area contributed by atoms with E-state index in [0.717, 1.165) is 5.56 Å². The Bertz CT molecular complexity index is 308. The second-order valence-electron chi connectivity index (χ2n) is 2.95. The highest BCUT2D eigenvalue weighted by Crippen LogP contribution is 2.03. The third-order valence-electron chi connectivity index (χ3n) is 1.90. The minimum Gasteiger partial charge on any atom is -0.480 e. The lowest BCUT2D eigenvalue weighted by atomic mass is 10.1. The maximum atomic E-state index is 10.8. The highest BCUT2D eigenvalue weighted by Gasteiger charge is 2.15. The predicted molar refractivity (Wildman–Crippen MR) is 54.9 cm³/mol. The number of carbonyl (C=O) groups is 1. The normalized spacial score (nSPS) is 11.7. The van der Waals surface area contributed by atoms with Crippen LogP contribution in [0, 0.1) is 0 Å². The van der Waals surface area contributed by atoms with E-state index in [-0.39, 0.29) is 0 Å². The lowest BCUT2D eigenvalue weighted by Crippen LogP contribution is -2.34. The third-order valence-corrected chi connectivity index (χ3v) is 1.90. The van der Waals surface area contributed by atoms with E-state index in [4.69, 9.17) is 5.11 Å². The van der Waals surface area contributed by atoms with Crippen molar-refractivity contribution in [3.8, 4) is 0 Å². The van der Waals surface area contributed by atoms with E-state index in [1.165, 1.54) is 6.20 Å². The van der Waals surface area contributed by atoms with Crippen LogP contribution in [0.25, 0.3) is 0 Å². The van der Waals surface area contributed by atoms with Crippen LogP contribution in [0.4, 0.5) is 0 Å². The molecule has 0 saturated carbocycles. The molecule has 1 rings (SSSR count). The van der Waals surface area contributed by atoms with Gasteiger partial charge in [0.05, 0.1) is 0 Å². The fourth-order valence-electron chi connectivity index (χ4n) is 1.21. The van der Waals surface area contributed by atoms with Crippen LogP contribution in [0.1, 0.15) is 5.56 Å². The molecule has 0 amide bonds. The summed E-state index contributed by atoms with van der Waals surface area (Å²) in [5.74, 6) is -0.867. The van der Waals surface area contributed by atoms with Crippen molar-refractivity contribution >= 4 is 5.97 Å². The summed E-state index contributed by atoms with van der Waals surface area (Å²) in [6.45, 7) is 3.45. The van der Waals surface area contributed by atoms with Crippen LogP contribution < -0.4 is 5.32 Å². The lowest BCUT2D eigenvalue weighted by molar-refractivity contribution is -0.139. The minimum absolute atomic E-state index is 0.461. The quantitative estimate of drug-likeness (QED) is 0.740. The van der Waals surface area contributed by atoms with Gasteiger partial charge in [0.1, 0.15) is 6.04 Å². The van der Waals surface area contributed by atoms with Crippen molar-refractivity contribution in [3.63, 3.8) is 0 Å². The monoisotopic (exact) mass is 191 g/mol. The van der Waals surface area contributed by atoms with Crippen LogP contribution in [0.3, 0.4) is 0 Å². The number of rotatable bonds is 5. The Balaban J connectivity index is 2.64. The topological polar surface area (TPSA) is 49.3 Å². The highest BCUT2D eigenvalue weighted by molar-refractivity contribution is 5.74. The van der Waals surface area contributed by atoms with Gasteiger partial charge >= 0.3 is 5.97 Å². The summed E-state index contributed by atoms with van der Waals surface area (Å²) >= 11 is 0. The maximum Gasteiger partial charge on any atom is 0.326 e. The fourth-order valence-corrected chi connectivity index (χ4v) is 1.21. The standard InChI is InChI=1S/C11H13NO2/c1-2-12-10(11(13)14)8-9-6-4-3-5-7-9/h2-7,10,12H,1,8H2,(H,13,14)/t10-/m0/s1. The molecule has 3 heteroatoms. The van der Waals surface area contributed by atoms with Gasteiger partial charge in [-0.05, 0) is 11.8 Å². The minimum atomic E-state index is -0.867. The molecule has 0 spiro atoms. The summed E-state index contributed by atoms with van der Waals surface area (Å²) in [5.41, 5.74) is 0.995. The summed E-state index contributed by atoms with van der Waals surface area (Å²) in [7, 11) is 0. The molecular formula is C11H13NO2. The van der Waals surface area contributed by atoms with Crippen molar-refractivity contribution < 1.29 is 9.90 Å². The molecule has 0 aliphatic heterocycles. The summed E-state index contributed by atoms with van der Waals surface area (Å²) in [5, 5.41) is 11.6. The van der Waals surface area contributed by atoms with E-state index in [9.17, 15) is 4.79 Å². The Morgan fingerprint density at radius 2 is 2.14 bits per heavy atom. The number of carboxylic acids is 1. The van der Waals surface area contributed by atoms with Crippen LogP contribution in [0.2, 0.25) is 0 Å². The van der Waals surface area contributed by atoms with E-state index in [2.05, 4.69) is 11.9 Å². The van der Waals surface area contributed by atoms with E-state index in [0.29, 0.717) is 6.42 Å². The molecule has 1 aromatic rings. The average Bonchev–Trinajstić information content (AvgIpc) is 2.18. The van der Waals surface area contributed by atoms with E-state index in [1.807, 2.05) is 30.3 Å². The Morgan fingerprint density at radius 3 is 2.64 bits per heavy atom. The van der Waals surface area contributed by atoms with Crippen molar-refractivity contribution in [3.05, 3.63) is 48.7 Å². The number of carboxylic acid groups (broad SMARTS) is 1. The zero-order valence-electron chi connectivity index (χ0n) is 7.81. The summed E-state index contributed by atoms with van der Waals surface area (Å²) in [4.78, 5) is 10.8. The van der Waals surface area contributed by atoms with Crippen molar-refractivity contribution in [2.24, 2.45) is 0 Å². The van der Waals surface area contributed by atoms with Gasteiger partial charge in [-0.2, -0.15) is 0 Å². The average molecular weight is 191 g/mol. The van der Waals surface area contributed by atoms with E-state index < -0.39 is 12.0 Å². The van der Waals surface area contributed by atoms with Gasteiger partial charge in [0.2, 0.25) is 0 Å². The van der Waals surface area contributed by atoms with Crippen LogP contribution in [0.15, 0.2) is 43.1 Å². The molecule has 0 aromatic heterocycles. The first-order valence-electron chi connectivity index (χ1n) is 4.37. The van der Waals surface area contributed by atoms with Crippen molar-refractivity contribution in [2.75, 3.05) is 0 Å². The Labute approximate surface area is 83.1 Å². The van der Waals surface area contributed by atoms with Crippen molar-refractivity contribution in [1.29, 1.82) is 0 Å². The molecule has 0 bridgehead atoms. The third kappa shape index (κ3) is 2.94. The highest BCUT2D eigenvalue weighted by atomic mass is 16.4. The van der Waals surface area contributed by atoms with Gasteiger partial charge in [-0.25, -0.2) is 4.79 Å². The van der Waals surface area contributed by atoms with Crippen molar-refractivity contribution in [2.45, 2.75) is 12.5 Å². The molecule has 0 unspecified atom stereocenters. The Morgan fingerprint density at radius 1 is 1.50 bits per heavy atom. The summed E-state index contributed by atoms with van der Waals surface area (Å²) in [6.07, 6.45) is 1.86. The molecule has 1 aromatic carbocycles. The number of benzene rings is 1. The van der Waals surface area contributed by atoms with E-state index >= 15 is 0 Å². The SMILES string of the molecule is C=CN[C@@H](Cc1ccccc1)C(=O)O. The van der Waals surface area contributed by atoms with E-state index in [1.54, 1.807) is 0 Å². The van der Waals surface area contributed by atoms with Crippen LogP contribution >= 0.6 is 0 Å². The summed E-state index contributed by atoms with van der Waals surface area (Å²) in [6, 6.07) is 8.89. The Hall–Kier alpha value is -1.77. The molecule has 1 atom stereocenters. The molecule has 2 N–H and O–H groups in total. The van der Waals surface area contributed by atoms with Gasteiger partial charge in [0, 0.05) is 6.42 Å². The maximum absolute atomic E-state index is 10.8. The largest absolute Gasteiger partial charge is 0.480 e. The molecule has 0 radical (unpaired) electrons. The molecule has 14 heavy (non-hydrogen) atoms. The molecule has 74 valence electrons. The van der Waals surface area contributed by atoms with Gasteiger partial charge in [-0.15, -0.1) is 0 Å². The molecule has 3 nitrogen and oxygen atoms in total.